The van der Waals surface area contributed by atoms with Crippen molar-refractivity contribution in [1.29, 1.82) is 0 Å². The molecule has 1 saturated carbocycles. The number of aliphatic hydroxyl groups excluding tert-OH is 1. The van der Waals surface area contributed by atoms with Gasteiger partial charge in [-0.25, -0.2) is 0 Å². The highest BCUT2D eigenvalue weighted by atomic mass is 16.3. The number of rotatable bonds is 4. The third kappa shape index (κ3) is 2.96. The monoisotopic (exact) mass is 260 g/mol. The third-order valence-electron chi connectivity index (χ3n) is 3.87. The first-order chi connectivity index (χ1) is 9.24. The number of hydrogen-bond donors (Lipinski definition) is 2. The van der Waals surface area contributed by atoms with E-state index >= 15 is 0 Å². The molecule has 4 heteroatoms. The van der Waals surface area contributed by atoms with Crippen molar-refractivity contribution >= 4 is 5.91 Å². The zero-order valence-corrected chi connectivity index (χ0v) is 11.0. The number of carbonyl (C=O) groups is 1. The van der Waals surface area contributed by atoms with Gasteiger partial charge in [-0.05, 0) is 24.8 Å². The van der Waals surface area contributed by atoms with Gasteiger partial charge >= 0.3 is 0 Å². The van der Waals surface area contributed by atoms with Crippen molar-refractivity contribution in [2.24, 2.45) is 0 Å². The number of amides is 1. The molecule has 1 aromatic carbocycles. The number of hydrogen-bond acceptors (Lipinski definition) is 3. The lowest BCUT2D eigenvalue weighted by Gasteiger charge is -2.25. The molecule has 1 heterocycles. The molecule has 4 nitrogen and oxygen atoms in total. The van der Waals surface area contributed by atoms with Crippen LogP contribution in [0.3, 0.4) is 0 Å². The molecule has 2 aliphatic rings. The Hall–Kier alpha value is -1.39. The van der Waals surface area contributed by atoms with Crippen LogP contribution < -0.4 is 5.32 Å². The summed E-state index contributed by atoms with van der Waals surface area (Å²) in [5, 5.41) is 12.7. The van der Waals surface area contributed by atoms with Crippen LogP contribution in [-0.4, -0.2) is 40.6 Å². The third-order valence-corrected chi connectivity index (χ3v) is 3.87. The van der Waals surface area contributed by atoms with Crippen LogP contribution in [0, 0.1) is 0 Å². The summed E-state index contributed by atoms with van der Waals surface area (Å²) >= 11 is 0. The second-order valence-electron chi connectivity index (χ2n) is 5.53. The Kier molecular flexibility index (Phi) is 3.53. The summed E-state index contributed by atoms with van der Waals surface area (Å²) in [6.07, 6.45) is 2.37. The molecule has 0 aromatic heterocycles. The molecule has 0 spiro atoms. The van der Waals surface area contributed by atoms with Crippen LogP contribution in [0.2, 0.25) is 0 Å². The number of carbonyl (C=O) groups excluding carboxylic acids is 1. The first kappa shape index (κ1) is 12.6. The average molecular weight is 260 g/mol. The molecule has 2 N–H and O–H groups in total. The molecule has 1 saturated heterocycles. The van der Waals surface area contributed by atoms with Gasteiger partial charge in [-0.1, -0.05) is 30.3 Å². The van der Waals surface area contributed by atoms with Crippen LogP contribution in [0.4, 0.5) is 0 Å². The van der Waals surface area contributed by atoms with Gasteiger partial charge in [0, 0.05) is 19.1 Å². The predicted octanol–water partition coefficient (Wildman–Crippen LogP) is 0.900. The van der Waals surface area contributed by atoms with Crippen LogP contribution in [0.1, 0.15) is 24.8 Å². The molecule has 1 aromatic rings. The Labute approximate surface area is 113 Å². The summed E-state index contributed by atoms with van der Waals surface area (Å²) in [5.74, 6) is 0.142. The highest BCUT2D eigenvalue weighted by molar-refractivity contribution is 5.83. The van der Waals surface area contributed by atoms with Gasteiger partial charge in [-0.3, -0.25) is 4.79 Å². The number of aliphatic hydroxyl groups is 1. The minimum Gasteiger partial charge on any atom is -0.392 e. The highest BCUT2D eigenvalue weighted by Gasteiger charge is 2.38. The van der Waals surface area contributed by atoms with Crippen LogP contribution in [0.15, 0.2) is 30.3 Å². The van der Waals surface area contributed by atoms with E-state index in [0.717, 1.165) is 12.8 Å². The normalized spacial score (nSPS) is 26.4. The maximum absolute atomic E-state index is 12.5. The van der Waals surface area contributed by atoms with E-state index in [1.54, 1.807) is 0 Å². The maximum atomic E-state index is 12.5. The minimum absolute atomic E-state index is 0.142. The van der Waals surface area contributed by atoms with E-state index in [-0.39, 0.29) is 18.1 Å². The van der Waals surface area contributed by atoms with Crippen molar-refractivity contribution in [3.63, 3.8) is 0 Å². The fourth-order valence-corrected chi connectivity index (χ4v) is 2.66. The van der Waals surface area contributed by atoms with Gasteiger partial charge in [-0.2, -0.15) is 0 Å². The van der Waals surface area contributed by atoms with E-state index in [0.29, 0.717) is 25.6 Å². The van der Waals surface area contributed by atoms with Crippen molar-refractivity contribution < 1.29 is 9.90 Å². The molecule has 1 aliphatic heterocycles. The molecule has 1 aliphatic carbocycles. The Morgan fingerprint density at radius 1 is 1.32 bits per heavy atom. The standard InChI is InChI=1S/C15H20N2O2/c18-13-8-14(16-9-13)15(19)17(12-6-7-12)10-11-4-2-1-3-5-11/h1-5,12-14,16,18H,6-10H2. The lowest BCUT2D eigenvalue weighted by Crippen LogP contribution is -2.44. The summed E-state index contributed by atoms with van der Waals surface area (Å²) in [6, 6.07) is 10.3. The summed E-state index contributed by atoms with van der Waals surface area (Å²) < 4.78 is 0. The Balaban J connectivity index is 1.69. The number of nitrogens with zero attached hydrogens (tertiary/aromatic N) is 1. The summed E-state index contributed by atoms with van der Waals surface area (Å²) in [6.45, 7) is 1.21. The van der Waals surface area contributed by atoms with Crippen LogP contribution >= 0.6 is 0 Å². The van der Waals surface area contributed by atoms with Crippen molar-refractivity contribution in [3.05, 3.63) is 35.9 Å². The average Bonchev–Trinajstić information content (AvgIpc) is 3.18. The molecule has 2 unspecified atom stereocenters. The largest absolute Gasteiger partial charge is 0.392 e. The van der Waals surface area contributed by atoms with E-state index < -0.39 is 0 Å². The summed E-state index contributed by atoms with van der Waals surface area (Å²) in [5.41, 5.74) is 1.17. The molecule has 0 bridgehead atoms. The van der Waals surface area contributed by atoms with Gasteiger partial charge in [0.2, 0.25) is 5.91 Å². The number of β-amino-alcohol motifs (C(OH)–C–C–N with tert-alkyl or cyclic N) is 1. The predicted molar refractivity (Wildman–Crippen MR) is 72.4 cm³/mol. The fourth-order valence-electron chi connectivity index (χ4n) is 2.66. The van der Waals surface area contributed by atoms with Gasteiger partial charge in [0.1, 0.15) is 0 Å². The van der Waals surface area contributed by atoms with E-state index in [1.807, 2.05) is 23.1 Å². The first-order valence-electron chi connectivity index (χ1n) is 7.00. The summed E-state index contributed by atoms with van der Waals surface area (Å²) in [4.78, 5) is 14.5. The lowest BCUT2D eigenvalue weighted by molar-refractivity contribution is -0.134. The number of nitrogens with one attached hydrogen (secondary N) is 1. The molecule has 1 amide bonds. The minimum atomic E-state index is -0.383. The molecular formula is C15H20N2O2. The van der Waals surface area contributed by atoms with Crippen LogP contribution in [0.25, 0.3) is 0 Å². The first-order valence-corrected chi connectivity index (χ1v) is 7.00. The summed E-state index contributed by atoms with van der Waals surface area (Å²) in [7, 11) is 0. The van der Waals surface area contributed by atoms with Crippen LogP contribution in [0.5, 0.6) is 0 Å². The zero-order valence-electron chi connectivity index (χ0n) is 11.0. The fraction of sp³-hybridized carbons (Fsp3) is 0.533. The Morgan fingerprint density at radius 3 is 2.63 bits per heavy atom. The smallest absolute Gasteiger partial charge is 0.240 e. The second kappa shape index (κ2) is 5.31. The Morgan fingerprint density at radius 2 is 2.05 bits per heavy atom. The van der Waals surface area contributed by atoms with Crippen molar-refractivity contribution in [2.75, 3.05) is 6.54 Å². The van der Waals surface area contributed by atoms with E-state index in [9.17, 15) is 9.90 Å². The van der Waals surface area contributed by atoms with E-state index in [2.05, 4.69) is 17.4 Å². The quantitative estimate of drug-likeness (QED) is 0.845. The second-order valence-corrected chi connectivity index (χ2v) is 5.53. The van der Waals surface area contributed by atoms with Crippen molar-refractivity contribution in [1.82, 2.24) is 10.2 Å². The van der Waals surface area contributed by atoms with Crippen molar-refractivity contribution in [3.8, 4) is 0 Å². The molecule has 2 atom stereocenters. The van der Waals surface area contributed by atoms with E-state index in [4.69, 9.17) is 0 Å². The van der Waals surface area contributed by atoms with Crippen LogP contribution in [-0.2, 0) is 11.3 Å². The van der Waals surface area contributed by atoms with Gasteiger partial charge in [0.25, 0.3) is 0 Å². The molecule has 102 valence electrons. The molecule has 0 radical (unpaired) electrons. The maximum Gasteiger partial charge on any atom is 0.240 e. The van der Waals surface area contributed by atoms with Crippen molar-refractivity contribution in [2.45, 2.75) is 44.0 Å². The molecule has 19 heavy (non-hydrogen) atoms. The molecule has 3 rings (SSSR count). The topological polar surface area (TPSA) is 52.6 Å². The van der Waals surface area contributed by atoms with Gasteiger partial charge in [0.15, 0.2) is 0 Å². The zero-order chi connectivity index (χ0) is 13.2. The molecule has 2 fully saturated rings. The lowest BCUT2D eigenvalue weighted by atomic mass is 10.1. The SMILES string of the molecule is O=C(C1CC(O)CN1)N(Cc1ccccc1)C1CC1. The van der Waals surface area contributed by atoms with Gasteiger partial charge in [0.05, 0.1) is 12.1 Å². The Bertz CT molecular complexity index is 445. The number of benzene rings is 1. The highest BCUT2D eigenvalue weighted by Crippen LogP contribution is 2.29. The molecular weight excluding hydrogens is 240 g/mol. The van der Waals surface area contributed by atoms with E-state index in [1.165, 1.54) is 5.56 Å². The van der Waals surface area contributed by atoms with Gasteiger partial charge < -0.3 is 15.3 Å². The van der Waals surface area contributed by atoms with Gasteiger partial charge in [-0.15, -0.1) is 0 Å².